The molecule has 3 rings (SSSR count). The Balaban J connectivity index is 1.68. The van der Waals surface area contributed by atoms with Crippen LogP contribution in [0.25, 0.3) is 0 Å². The molecule has 24 heavy (non-hydrogen) atoms. The summed E-state index contributed by atoms with van der Waals surface area (Å²) in [6.45, 7) is 2.10. The number of nitrogens with one attached hydrogen (secondary N) is 1. The van der Waals surface area contributed by atoms with Gasteiger partial charge in [-0.15, -0.1) is 0 Å². The van der Waals surface area contributed by atoms with Crippen LogP contribution in [0.2, 0.25) is 0 Å². The molecule has 2 aromatic rings. The van der Waals surface area contributed by atoms with Crippen molar-refractivity contribution < 1.29 is 14.3 Å². The number of carbonyl (C=O) groups is 2. The molecule has 1 aliphatic rings. The minimum Gasteiger partial charge on any atom is -0.464 e. The third-order valence-electron chi connectivity index (χ3n) is 4.42. The number of likely N-dealkylation sites (tertiary alicyclic amines) is 1. The molecule has 2 aromatic heterocycles. The Morgan fingerprint density at radius 1 is 1.46 bits per heavy atom. The van der Waals surface area contributed by atoms with E-state index in [9.17, 15) is 9.59 Å². The Labute approximate surface area is 139 Å². The fraction of sp³-hybridized carbons (Fsp3) is 0.500. The van der Waals surface area contributed by atoms with Crippen LogP contribution in [0.5, 0.6) is 0 Å². The molecular weight excluding hydrogens is 310 g/mol. The maximum absolute atomic E-state index is 12.6. The van der Waals surface area contributed by atoms with Gasteiger partial charge in [0.2, 0.25) is 5.78 Å². The summed E-state index contributed by atoms with van der Waals surface area (Å²) < 4.78 is 6.51. The van der Waals surface area contributed by atoms with Crippen molar-refractivity contribution in [2.45, 2.75) is 19.4 Å². The molecule has 8 heteroatoms. The topological polar surface area (TPSA) is 93.1 Å². The predicted molar refractivity (Wildman–Crippen MR) is 85.5 cm³/mol. The normalized spacial score (nSPS) is 18.5. The van der Waals surface area contributed by atoms with Gasteiger partial charge >= 0.3 is 5.97 Å². The van der Waals surface area contributed by atoms with Gasteiger partial charge in [0.15, 0.2) is 5.82 Å². The van der Waals surface area contributed by atoms with Crippen LogP contribution >= 0.6 is 0 Å². The maximum atomic E-state index is 12.6. The minimum atomic E-state index is -0.430. The molecule has 0 aromatic carbocycles. The number of imidazole rings is 1. The average molecular weight is 331 g/mol. The molecule has 1 saturated heterocycles. The fourth-order valence-corrected chi connectivity index (χ4v) is 3.15. The molecule has 0 bridgehead atoms. The van der Waals surface area contributed by atoms with Gasteiger partial charge in [-0.05, 0) is 19.4 Å². The number of Topliss-reactive ketones (excluding diaryl/α,β-unsaturated/α-hetero) is 1. The van der Waals surface area contributed by atoms with E-state index < -0.39 is 5.97 Å². The van der Waals surface area contributed by atoms with E-state index in [1.165, 1.54) is 7.11 Å². The van der Waals surface area contributed by atoms with Crippen molar-refractivity contribution in [3.05, 3.63) is 35.7 Å². The second-order valence-corrected chi connectivity index (χ2v) is 6.06. The van der Waals surface area contributed by atoms with Crippen LogP contribution < -0.4 is 0 Å². The van der Waals surface area contributed by atoms with Crippen LogP contribution in [0.3, 0.4) is 0 Å². The van der Waals surface area contributed by atoms with Gasteiger partial charge in [-0.1, -0.05) is 0 Å². The number of piperidine rings is 1. The Kier molecular flexibility index (Phi) is 4.75. The van der Waals surface area contributed by atoms with E-state index >= 15 is 0 Å². The van der Waals surface area contributed by atoms with Crippen molar-refractivity contribution in [2.75, 3.05) is 20.2 Å². The molecule has 1 atom stereocenters. The number of esters is 1. The van der Waals surface area contributed by atoms with Gasteiger partial charge in [-0.2, -0.15) is 5.10 Å². The highest BCUT2D eigenvalue weighted by Gasteiger charge is 2.29. The predicted octanol–water partition coefficient (Wildman–Crippen LogP) is 1.02. The van der Waals surface area contributed by atoms with Gasteiger partial charge in [0.25, 0.3) is 0 Å². The van der Waals surface area contributed by atoms with Crippen molar-refractivity contribution in [3.8, 4) is 0 Å². The summed E-state index contributed by atoms with van der Waals surface area (Å²) in [5.74, 6) is 0.0708. The van der Waals surface area contributed by atoms with Gasteiger partial charge < -0.3 is 9.30 Å². The quantitative estimate of drug-likeness (QED) is 0.649. The minimum absolute atomic E-state index is 0.0756. The third kappa shape index (κ3) is 3.23. The molecular formula is C16H21N5O3. The van der Waals surface area contributed by atoms with Gasteiger partial charge in [0.05, 0.1) is 13.3 Å². The molecule has 0 radical (unpaired) electrons. The maximum Gasteiger partial charge on any atom is 0.356 e. The summed E-state index contributed by atoms with van der Waals surface area (Å²) in [7, 11) is 3.17. The number of nitrogens with zero attached hydrogens (tertiary/aromatic N) is 4. The second-order valence-electron chi connectivity index (χ2n) is 6.06. The number of rotatable bonds is 5. The first-order valence-corrected chi connectivity index (χ1v) is 7.94. The van der Waals surface area contributed by atoms with Crippen molar-refractivity contribution in [1.82, 2.24) is 24.6 Å². The fourth-order valence-electron chi connectivity index (χ4n) is 3.15. The Morgan fingerprint density at radius 2 is 2.29 bits per heavy atom. The highest BCUT2D eigenvalue weighted by Crippen LogP contribution is 2.22. The molecule has 1 N–H and O–H groups in total. The second kappa shape index (κ2) is 6.96. The molecule has 1 fully saturated rings. The standard InChI is InChI=1S/C16H21N5O3/c1-20-7-5-17-15(20)14(22)11-4-3-6-21(9-11)10-12-8-18-19-13(12)16(23)24-2/h5,7-8,11H,3-4,6,9-10H2,1-2H3,(H,18,19)/t11-/m0/s1. The number of ketones is 1. The van der Waals surface area contributed by atoms with Crippen molar-refractivity contribution in [2.24, 2.45) is 13.0 Å². The molecule has 0 amide bonds. The zero-order chi connectivity index (χ0) is 17.1. The summed E-state index contributed by atoms with van der Waals surface area (Å²) in [6.07, 6.45) is 6.85. The van der Waals surface area contributed by atoms with Gasteiger partial charge in [0.1, 0.15) is 5.69 Å². The monoisotopic (exact) mass is 331 g/mol. The van der Waals surface area contributed by atoms with Crippen molar-refractivity contribution in [3.63, 3.8) is 0 Å². The van der Waals surface area contributed by atoms with Crippen LogP contribution in [0.1, 0.15) is 39.5 Å². The number of hydrogen-bond acceptors (Lipinski definition) is 6. The first kappa shape index (κ1) is 16.4. The zero-order valence-corrected chi connectivity index (χ0v) is 13.9. The number of methoxy groups -OCH3 is 1. The third-order valence-corrected chi connectivity index (χ3v) is 4.42. The zero-order valence-electron chi connectivity index (χ0n) is 13.9. The number of H-pyrrole nitrogens is 1. The lowest BCUT2D eigenvalue weighted by Crippen LogP contribution is -2.39. The van der Waals surface area contributed by atoms with Gasteiger partial charge in [0, 0.05) is 44.0 Å². The summed E-state index contributed by atoms with van der Waals surface area (Å²) in [6, 6.07) is 0. The largest absolute Gasteiger partial charge is 0.464 e. The Morgan fingerprint density at radius 3 is 3.00 bits per heavy atom. The highest BCUT2D eigenvalue weighted by molar-refractivity contribution is 5.95. The number of aromatic amines is 1. The van der Waals surface area contributed by atoms with Crippen LogP contribution in [0.15, 0.2) is 18.6 Å². The molecule has 0 saturated carbocycles. The van der Waals surface area contributed by atoms with E-state index in [1.54, 1.807) is 23.2 Å². The first-order valence-electron chi connectivity index (χ1n) is 7.94. The molecule has 0 unspecified atom stereocenters. The van der Waals surface area contributed by atoms with Crippen LogP contribution in [-0.2, 0) is 18.3 Å². The molecule has 128 valence electrons. The van der Waals surface area contributed by atoms with Gasteiger partial charge in [-0.3, -0.25) is 14.8 Å². The lowest BCUT2D eigenvalue weighted by molar-refractivity contribution is 0.0589. The summed E-state index contributed by atoms with van der Waals surface area (Å²) in [4.78, 5) is 30.7. The molecule has 1 aliphatic heterocycles. The van der Waals surface area contributed by atoms with E-state index in [0.717, 1.165) is 24.9 Å². The molecule has 0 aliphatic carbocycles. The van der Waals surface area contributed by atoms with Crippen LogP contribution in [0, 0.1) is 5.92 Å². The van der Waals surface area contributed by atoms with Crippen molar-refractivity contribution in [1.29, 1.82) is 0 Å². The summed E-state index contributed by atoms with van der Waals surface area (Å²) >= 11 is 0. The highest BCUT2D eigenvalue weighted by atomic mass is 16.5. The Hall–Kier alpha value is -2.48. The number of aryl methyl sites for hydroxylation is 1. The van der Waals surface area contributed by atoms with E-state index in [1.807, 2.05) is 7.05 Å². The van der Waals surface area contributed by atoms with Crippen LogP contribution in [-0.4, -0.2) is 56.6 Å². The van der Waals surface area contributed by atoms with E-state index in [2.05, 4.69) is 20.1 Å². The lowest BCUT2D eigenvalue weighted by Gasteiger charge is -2.31. The number of ether oxygens (including phenoxy) is 1. The summed E-state index contributed by atoms with van der Waals surface area (Å²) in [5.41, 5.74) is 1.15. The molecule has 8 nitrogen and oxygen atoms in total. The number of aromatic nitrogens is 4. The van der Waals surface area contributed by atoms with E-state index in [-0.39, 0.29) is 11.7 Å². The van der Waals surface area contributed by atoms with Gasteiger partial charge in [-0.25, -0.2) is 9.78 Å². The van der Waals surface area contributed by atoms with E-state index in [0.29, 0.717) is 24.6 Å². The average Bonchev–Trinajstić information content (AvgIpc) is 3.22. The van der Waals surface area contributed by atoms with Crippen LogP contribution in [0.4, 0.5) is 0 Å². The number of carbonyl (C=O) groups excluding carboxylic acids is 2. The molecule has 0 spiro atoms. The lowest BCUT2D eigenvalue weighted by atomic mass is 9.93. The summed E-state index contributed by atoms with van der Waals surface area (Å²) in [5, 5.41) is 6.61. The SMILES string of the molecule is COC(=O)c1[nH]ncc1CN1CCC[C@H](C(=O)c2nccn2C)C1. The first-order chi connectivity index (χ1) is 11.6. The molecule has 3 heterocycles. The van der Waals surface area contributed by atoms with E-state index in [4.69, 9.17) is 4.74 Å². The Bertz CT molecular complexity index is 736. The van der Waals surface area contributed by atoms with Crippen molar-refractivity contribution >= 4 is 11.8 Å². The smallest absolute Gasteiger partial charge is 0.356 e. The number of hydrogen-bond donors (Lipinski definition) is 1.